The number of nitrogens with one attached hydrogen (secondary N) is 5. The molecule has 30 heavy (non-hydrogen) atoms. The lowest BCUT2D eigenvalue weighted by Crippen LogP contribution is -2.47. The summed E-state index contributed by atoms with van der Waals surface area (Å²) < 4.78 is 0. The van der Waals surface area contributed by atoms with Crippen molar-refractivity contribution >= 4 is 17.8 Å². The van der Waals surface area contributed by atoms with Crippen molar-refractivity contribution in [3.8, 4) is 0 Å². The topological polar surface area (TPSA) is 149 Å². The third-order valence-electron chi connectivity index (χ3n) is 4.60. The van der Waals surface area contributed by atoms with E-state index in [1.165, 1.54) is 19.3 Å². The van der Waals surface area contributed by atoms with Gasteiger partial charge in [-0.15, -0.1) is 0 Å². The SMILES string of the molecule is CCCCCCCCC(=O)N[C@@H](CCCNC(=N)N[N+](=O)[O-])C(=O)NCCC(C)C. The van der Waals surface area contributed by atoms with Crippen molar-refractivity contribution in [2.75, 3.05) is 13.1 Å². The van der Waals surface area contributed by atoms with Gasteiger partial charge in [-0.1, -0.05) is 58.3 Å². The maximum atomic E-state index is 12.5. The maximum absolute atomic E-state index is 12.5. The van der Waals surface area contributed by atoms with Gasteiger partial charge < -0.3 is 16.0 Å². The first-order valence-corrected chi connectivity index (χ1v) is 11.1. The minimum Gasteiger partial charge on any atom is -0.354 e. The van der Waals surface area contributed by atoms with Crippen LogP contribution in [0.25, 0.3) is 0 Å². The predicted molar refractivity (Wildman–Crippen MR) is 117 cm³/mol. The molecule has 0 rings (SSSR count). The van der Waals surface area contributed by atoms with Gasteiger partial charge in [0.1, 0.15) is 6.04 Å². The highest BCUT2D eigenvalue weighted by Gasteiger charge is 2.20. The third-order valence-corrected chi connectivity index (χ3v) is 4.60. The van der Waals surface area contributed by atoms with Crippen molar-refractivity contribution in [2.24, 2.45) is 5.92 Å². The number of rotatable bonds is 17. The summed E-state index contributed by atoms with van der Waals surface area (Å²) in [5, 5.41) is 25.1. The molecule has 0 fully saturated rings. The first kappa shape index (κ1) is 27.6. The van der Waals surface area contributed by atoms with E-state index in [2.05, 4.69) is 36.7 Å². The van der Waals surface area contributed by atoms with E-state index in [0.29, 0.717) is 31.7 Å². The molecule has 0 radical (unpaired) electrons. The fraction of sp³-hybridized carbons (Fsp3) is 0.850. The molecule has 0 aromatic heterocycles. The Morgan fingerprint density at radius 3 is 2.27 bits per heavy atom. The van der Waals surface area contributed by atoms with Crippen molar-refractivity contribution in [1.82, 2.24) is 21.4 Å². The van der Waals surface area contributed by atoms with Crippen molar-refractivity contribution in [3.63, 3.8) is 0 Å². The molecule has 2 amide bonds. The Morgan fingerprint density at radius 1 is 0.967 bits per heavy atom. The number of guanidine groups is 1. The number of nitrogens with zero attached hydrogens (tertiary/aromatic N) is 1. The first-order chi connectivity index (χ1) is 14.3. The molecule has 0 spiro atoms. The number of hydrazine groups is 1. The minimum atomic E-state index is -0.817. The quantitative estimate of drug-likeness (QED) is 0.0790. The molecule has 0 saturated heterocycles. The summed E-state index contributed by atoms with van der Waals surface area (Å²) in [4.78, 5) is 35.0. The Kier molecular flexibility index (Phi) is 16.1. The molecular weight excluding hydrogens is 388 g/mol. The van der Waals surface area contributed by atoms with Crippen LogP contribution in [0.15, 0.2) is 0 Å². The lowest BCUT2D eigenvalue weighted by Gasteiger charge is -2.19. The average molecular weight is 429 g/mol. The number of hydrogen-bond acceptors (Lipinski definition) is 5. The van der Waals surface area contributed by atoms with Crippen LogP contribution in [0.1, 0.15) is 85.0 Å². The van der Waals surface area contributed by atoms with Gasteiger partial charge in [0.15, 0.2) is 5.03 Å². The van der Waals surface area contributed by atoms with Crippen LogP contribution in [-0.4, -0.2) is 41.9 Å². The summed E-state index contributed by atoms with van der Waals surface area (Å²) in [6.07, 6.45) is 8.64. The monoisotopic (exact) mass is 428 g/mol. The number of hydrogen-bond donors (Lipinski definition) is 5. The Hall–Kier alpha value is -2.39. The van der Waals surface area contributed by atoms with Crippen LogP contribution in [-0.2, 0) is 9.59 Å². The number of amides is 2. The van der Waals surface area contributed by atoms with E-state index in [-0.39, 0.29) is 18.4 Å². The van der Waals surface area contributed by atoms with E-state index in [9.17, 15) is 19.7 Å². The van der Waals surface area contributed by atoms with Gasteiger partial charge in [0.2, 0.25) is 11.8 Å². The van der Waals surface area contributed by atoms with Crippen LogP contribution in [0.3, 0.4) is 0 Å². The molecule has 0 aliphatic heterocycles. The van der Waals surface area contributed by atoms with Gasteiger partial charge in [-0.25, -0.2) is 10.1 Å². The van der Waals surface area contributed by atoms with E-state index in [0.717, 1.165) is 25.7 Å². The summed E-state index contributed by atoms with van der Waals surface area (Å²) in [5.74, 6) is -0.295. The van der Waals surface area contributed by atoms with E-state index in [1.807, 2.05) is 0 Å². The lowest BCUT2D eigenvalue weighted by molar-refractivity contribution is -0.525. The predicted octanol–water partition coefficient (Wildman–Crippen LogP) is 2.47. The molecule has 10 nitrogen and oxygen atoms in total. The standard InChI is InChI=1S/C20H40N6O4/c1-4-5-6-7-8-9-12-18(27)24-17(19(28)22-15-13-16(2)3)11-10-14-23-20(21)25-26(29)30/h16-17H,4-15H2,1-3H3,(H,22,28)(H,24,27)(H3,21,23,25)/t17-/m0/s1. The fourth-order valence-electron chi connectivity index (χ4n) is 2.86. The highest BCUT2D eigenvalue weighted by atomic mass is 16.7. The normalized spacial score (nSPS) is 11.6. The Balaban J connectivity index is 4.41. The summed E-state index contributed by atoms with van der Waals surface area (Å²) in [7, 11) is 0. The molecule has 0 aromatic carbocycles. The fourth-order valence-corrected chi connectivity index (χ4v) is 2.86. The number of unbranched alkanes of at least 4 members (excludes halogenated alkanes) is 5. The number of carbonyl (C=O) groups is 2. The molecule has 0 saturated carbocycles. The van der Waals surface area contributed by atoms with E-state index in [4.69, 9.17) is 5.41 Å². The lowest BCUT2D eigenvalue weighted by atomic mass is 10.1. The van der Waals surface area contributed by atoms with Crippen molar-refractivity contribution < 1.29 is 14.6 Å². The molecule has 0 aliphatic carbocycles. The highest BCUT2D eigenvalue weighted by Crippen LogP contribution is 2.07. The zero-order valence-corrected chi connectivity index (χ0v) is 18.7. The molecule has 0 unspecified atom stereocenters. The Morgan fingerprint density at radius 2 is 1.63 bits per heavy atom. The zero-order valence-electron chi connectivity index (χ0n) is 18.7. The summed E-state index contributed by atoms with van der Waals surface area (Å²) in [6.45, 7) is 7.15. The van der Waals surface area contributed by atoms with Crippen LogP contribution in [0, 0.1) is 21.4 Å². The molecule has 0 aromatic rings. The Labute approximate surface area is 180 Å². The van der Waals surface area contributed by atoms with Gasteiger partial charge >= 0.3 is 0 Å². The van der Waals surface area contributed by atoms with Crippen LogP contribution in [0.4, 0.5) is 0 Å². The molecule has 174 valence electrons. The molecule has 5 N–H and O–H groups in total. The van der Waals surface area contributed by atoms with Crippen LogP contribution >= 0.6 is 0 Å². The minimum absolute atomic E-state index is 0.134. The highest BCUT2D eigenvalue weighted by molar-refractivity contribution is 5.87. The van der Waals surface area contributed by atoms with E-state index in [1.54, 1.807) is 5.43 Å². The molecule has 0 bridgehead atoms. The molecular formula is C20H40N6O4. The molecule has 0 heterocycles. The first-order valence-electron chi connectivity index (χ1n) is 11.1. The van der Waals surface area contributed by atoms with Crippen molar-refractivity contribution in [2.45, 2.75) is 91.0 Å². The van der Waals surface area contributed by atoms with Crippen LogP contribution in [0.5, 0.6) is 0 Å². The average Bonchev–Trinajstić information content (AvgIpc) is 2.66. The summed E-state index contributed by atoms with van der Waals surface area (Å²) in [6, 6.07) is -0.649. The van der Waals surface area contributed by atoms with Crippen LogP contribution in [0.2, 0.25) is 0 Å². The number of nitro groups is 1. The molecule has 10 heteroatoms. The molecule has 0 aliphatic rings. The second kappa shape index (κ2) is 17.5. The van der Waals surface area contributed by atoms with Gasteiger partial charge in [0, 0.05) is 19.5 Å². The Bertz CT molecular complexity index is 527. The van der Waals surface area contributed by atoms with E-state index >= 15 is 0 Å². The second-order valence-electron chi connectivity index (χ2n) is 7.92. The second-order valence-corrected chi connectivity index (χ2v) is 7.92. The summed E-state index contributed by atoms with van der Waals surface area (Å²) in [5.41, 5.74) is 1.71. The number of carbonyl (C=O) groups excluding carboxylic acids is 2. The van der Waals surface area contributed by atoms with Gasteiger partial charge in [0.05, 0.1) is 0 Å². The van der Waals surface area contributed by atoms with Crippen molar-refractivity contribution in [3.05, 3.63) is 10.1 Å². The van der Waals surface area contributed by atoms with E-state index < -0.39 is 17.0 Å². The van der Waals surface area contributed by atoms with Crippen LogP contribution < -0.4 is 21.4 Å². The summed E-state index contributed by atoms with van der Waals surface area (Å²) >= 11 is 0. The van der Waals surface area contributed by atoms with Gasteiger partial charge in [0.25, 0.3) is 5.96 Å². The van der Waals surface area contributed by atoms with Gasteiger partial charge in [-0.2, -0.15) is 0 Å². The van der Waals surface area contributed by atoms with Crippen molar-refractivity contribution in [1.29, 1.82) is 5.41 Å². The van der Waals surface area contributed by atoms with Gasteiger partial charge in [-0.3, -0.25) is 15.0 Å². The molecule has 1 atom stereocenters. The largest absolute Gasteiger partial charge is 0.354 e. The smallest absolute Gasteiger partial charge is 0.251 e. The third kappa shape index (κ3) is 16.6. The maximum Gasteiger partial charge on any atom is 0.251 e. The zero-order chi connectivity index (χ0) is 22.8. The van der Waals surface area contributed by atoms with Gasteiger partial charge in [-0.05, 0) is 31.6 Å².